The van der Waals surface area contributed by atoms with Gasteiger partial charge in [-0.1, -0.05) is 6.92 Å². The summed E-state index contributed by atoms with van der Waals surface area (Å²) in [5.41, 5.74) is 0. The molecule has 0 aliphatic rings. The zero-order valence-corrected chi connectivity index (χ0v) is 9.23. The van der Waals surface area contributed by atoms with Crippen molar-refractivity contribution in [3.05, 3.63) is 0 Å². The monoisotopic (exact) mass is 256 g/mol. The van der Waals surface area contributed by atoms with Crippen LogP contribution in [0.4, 0.5) is 0 Å². The topological polar surface area (TPSA) is 105 Å². The van der Waals surface area contributed by atoms with Gasteiger partial charge in [0.05, 0.1) is 6.61 Å². The van der Waals surface area contributed by atoms with E-state index in [0.29, 0.717) is 6.42 Å². The molecule has 0 heterocycles. The molecule has 10 heteroatoms. The summed E-state index contributed by atoms with van der Waals surface area (Å²) in [6.07, 6.45) is 0.549. The third-order valence-electron chi connectivity index (χ3n) is 0.911. The van der Waals surface area contributed by atoms with Crippen molar-refractivity contribution in [1.29, 1.82) is 0 Å². The van der Waals surface area contributed by atoms with Gasteiger partial charge in [-0.05, 0) is 6.42 Å². The molecule has 0 saturated carbocycles. The van der Waals surface area contributed by atoms with Crippen molar-refractivity contribution in [2.24, 2.45) is 0 Å². The predicted molar refractivity (Wildman–Crippen MR) is 51.5 cm³/mol. The van der Waals surface area contributed by atoms with Crippen molar-refractivity contribution in [2.75, 3.05) is 13.7 Å². The quantitative estimate of drug-likeness (QED) is 0.411. The first-order chi connectivity index (χ1) is 5.83. The molecule has 1 atom stereocenters. The molecule has 0 aliphatic carbocycles. The van der Waals surface area contributed by atoms with Crippen LogP contribution < -0.4 is 0 Å². The fraction of sp³-hybridized carbons (Fsp3) is 1.00. The third-order valence-corrected chi connectivity index (χ3v) is 3.73. The number of rotatable bonds is 6. The van der Waals surface area contributed by atoms with Gasteiger partial charge in [-0.25, -0.2) is 4.57 Å². The van der Waals surface area contributed by atoms with Crippen LogP contribution in [0.3, 0.4) is 0 Å². The summed E-state index contributed by atoms with van der Waals surface area (Å²) >= 11 is 0. The summed E-state index contributed by atoms with van der Waals surface area (Å²) in [4.78, 5) is 25.4. The first kappa shape index (κ1) is 17.6. The molecule has 0 fully saturated rings. The van der Waals surface area contributed by atoms with E-state index in [1.165, 1.54) is 0 Å². The van der Waals surface area contributed by atoms with Crippen LogP contribution in [0.5, 0.6) is 0 Å². The number of phosphoric acid groups is 1. The van der Waals surface area contributed by atoms with Gasteiger partial charge in [0, 0.05) is 7.11 Å². The Labute approximate surface area is 105 Å². The Morgan fingerprint density at radius 1 is 1.36 bits per heavy atom. The Morgan fingerprint density at radius 2 is 1.86 bits per heavy atom. The maximum atomic E-state index is 11.2. The molecule has 0 radical (unpaired) electrons. The van der Waals surface area contributed by atoms with E-state index in [1.807, 2.05) is 0 Å². The molecule has 0 saturated heterocycles. The fourth-order valence-corrected chi connectivity index (χ4v) is 2.69. The summed E-state index contributed by atoms with van der Waals surface area (Å²) in [5.74, 6) is 0. The van der Waals surface area contributed by atoms with E-state index in [-0.39, 0.29) is 36.2 Å². The second-order valence-electron chi connectivity index (χ2n) is 2.13. The second-order valence-corrected chi connectivity index (χ2v) is 5.52. The molecule has 0 spiro atoms. The summed E-state index contributed by atoms with van der Waals surface area (Å²) in [6.45, 7) is 1.82. The van der Waals surface area contributed by atoms with Crippen molar-refractivity contribution in [3.63, 3.8) is 0 Å². The van der Waals surface area contributed by atoms with Gasteiger partial charge in [-0.3, -0.25) is 13.3 Å². The Morgan fingerprint density at radius 3 is 2.14 bits per heavy atom. The van der Waals surface area contributed by atoms with Crippen LogP contribution in [-0.2, 0) is 17.8 Å². The minimum atomic E-state index is -4.88. The Balaban J connectivity index is 0. The SMILES string of the molecule is CCCOP(=O)(OC)O[Si](O)(O)O.[NaH]. The third kappa shape index (κ3) is 8.51. The van der Waals surface area contributed by atoms with E-state index >= 15 is 0 Å². The number of hydrogen-bond donors (Lipinski definition) is 3. The molecular weight excluding hydrogens is 242 g/mol. The standard InChI is InChI=1S/C4H13O7PSi.Na.H/c1-3-4-10-12(5,9-2)11-13(6,7)8;;/h6-8H,3-4H2,1-2H3;;. The fourth-order valence-electron chi connectivity index (χ4n) is 0.469. The molecule has 3 N–H and O–H groups in total. The zero-order valence-electron chi connectivity index (χ0n) is 7.34. The summed E-state index contributed by atoms with van der Waals surface area (Å²) in [5, 5.41) is 0. The molecule has 7 nitrogen and oxygen atoms in total. The van der Waals surface area contributed by atoms with E-state index in [2.05, 4.69) is 13.3 Å². The van der Waals surface area contributed by atoms with Gasteiger partial charge in [-0.15, -0.1) is 0 Å². The van der Waals surface area contributed by atoms with Crippen molar-refractivity contribution in [3.8, 4) is 0 Å². The van der Waals surface area contributed by atoms with Crippen LogP contribution in [0.15, 0.2) is 0 Å². The van der Waals surface area contributed by atoms with Gasteiger partial charge in [0.1, 0.15) is 0 Å². The first-order valence-electron chi connectivity index (χ1n) is 3.51. The van der Waals surface area contributed by atoms with E-state index in [4.69, 9.17) is 14.4 Å². The predicted octanol–water partition coefficient (Wildman–Crippen LogP) is -1.05. The van der Waals surface area contributed by atoms with E-state index in [1.54, 1.807) is 6.92 Å². The van der Waals surface area contributed by atoms with Crippen LogP contribution in [0.2, 0.25) is 0 Å². The normalized spacial score (nSPS) is 15.8. The van der Waals surface area contributed by atoms with E-state index in [9.17, 15) is 4.57 Å². The Bertz CT molecular complexity index is 195. The summed E-state index contributed by atoms with van der Waals surface area (Å²) < 4.78 is 24.1. The Kier molecular flexibility index (Phi) is 9.40. The minimum absolute atomic E-state index is 0. The molecule has 0 amide bonds. The summed E-state index contributed by atoms with van der Waals surface area (Å²) in [7, 11) is -7.89. The number of phosphoric ester groups is 1. The number of hydrogen-bond acceptors (Lipinski definition) is 7. The van der Waals surface area contributed by atoms with Crippen molar-refractivity contribution in [1.82, 2.24) is 0 Å². The van der Waals surface area contributed by atoms with Gasteiger partial charge in [0.25, 0.3) is 0 Å². The van der Waals surface area contributed by atoms with Crippen LogP contribution in [0.1, 0.15) is 13.3 Å². The molecular formula is C4H14NaO7PSi. The van der Waals surface area contributed by atoms with Crippen molar-refractivity contribution < 1.29 is 32.2 Å². The second kappa shape index (κ2) is 7.48. The van der Waals surface area contributed by atoms with E-state index < -0.39 is 16.9 Å². The molecule has 0 rings (SSSR count). The van der Waals surface area contributed by atoms with Crippen LogP contribution in [0.25, 0.3) is 0 Å². The molecule has 0 bridgehead atoms. The van der Waals surface area contributed by atoms with Crippen molar-refractivity contribution in [2.45, 2.75) is 13.3 Å². The molecule has 14 heavy (non-hydrogen) atoms. The van der Waals surface area contributed by atoms with E-state index in [0.717, 1.165) is 7.11 Å². The molecule has 82 valence electrons. The van der Waals surface area contributed by atoms with Crippen LogP contribution in [0, 0.1) is 0 Å². The van der Waals surface area contributed by atoms with Gasteiger partial charge < -0.3 is 14.4 Å². The van der Waals surface area contributed by atoms with Gasteiger partial charge in [-0.2, -0.15) is 0 Å². The average molecular weight is 256 g/mol. The molecule has 0 aromatic rings. The van der Waals surface area contributed by atoms with Gasteiger partial charge in [0.2, 0.25) is 0 Å². The summed E-state index contributed by atoms with van der Waals surface area (Å²) in [6, 6.07) is 0. The van der Waals surface area contributed by atoms with Crippen LogP contribution >= 0.6 is 7.82 Å². The first-order valence-corrected chi connectivity index (χ1v) is 6.72. The average Bonchev–Trinajstić information content (AvgIpc) is 1.98. The van der Waals surface area contributed by atoms with Gasteiger partial charge in [0.15, 0.2) is 0 Å². The molecule has 1 unspecified atom stereocenters. The van der Waals surface area contributed by atoms with Crippen LogP contribution in [-0.4, -0.2) is 66.7 Å². The van der Waals surface area contributed by atoms with Gasteiger partial charge >= 0.3 is 46.4 Å². The molecule has 0 aromatic heterocycles. The van der Waals surface area contributed by atoms with Crippen molar-refractivity contribution >= 4 is 46.4 Å². The maximum absolute atomic E-state index is 11.2. The molecule has 0 aliphatic heterocycles. The zero-order chi connectivity index (χ0) is 10.5. The Hall–Kier alpha value is 1.21. The molecule has 0 aromatic carbocycles.